The summed E-state index contributed by atoms with van der Waals surface area (Å²) in [5.41, 5.74) is 2.32. The maximum atomic E-state index is 12.7. The molecule has 0 aliphatic carbocycles. The first kappa shape index (κ1) is 19.2. The van der Waals surface area contributed by atoms with Crippen LogP contribution in [0.5, 0.6) is 5.75 Å². The van der Waals surface area contributed by atoms with Gasteiger partial charge in [0.1, 0.15) is 17.3 Å². The minimum Gasteiger partial charge on any atom is -0.496 e. The lowest BCUT2D eigenvalue weighted by molar-refractivity contribution is 0.102. The number of rotatable bonds is 5. The molecule has 29 heavy (non-hydrogen) atoms. The summed E-state index contributed by atoms with van der Waals surface area (Å²) in [6.07, 6.45) is 0.480. The molecule has 1 saturated heterocycles. The molecular weight excluding hydrogens is 394 g/mol. The number of H-pyrrole nitrogens is 1. The number of nitrogens with zero attached hydrogens (tertiary/aromatic N) is 3. The second-order valence-electron chi connectivity index (χ2n) is 6.99. The molecule has 1 unspecified atom stereocenters. The molecule has 1 atom stereocenters. The number of aryl methyl sites for hydroxylation is 1. The van der Waals surface area contributed by atoms with E-state index in [2.05, 4.69) is 20.6 Å². The summed E-state index contributed by atoms with van der Waals surface area (Å²) >= 11 is 0. The summed E-state index contributed by atoms with van der Waals surface area (Å²) in [6, 6.07) is 10.5. The maximum Gasteiger partial charge on any atom is 0.274 e. The fourth-order valence-corrected chi connectivity index (χ4v) is 5.16. The lowest BCUT2D eigenvalue weighted by Crippen LogP contribution is -2.19. The van der Waals surface area contributed by atoms with Crippen molar-refractivity contribution in [2.24, 2.45) is 0 Å². The first-order chi connectivity index (χ1) is 13.9. The molecule has 1 amide bonds. The Bertz CT molecular complexity index is 1160. The van der Waals surface area contributed by atoms with Crippen molar-refractivity contribution in [2.75, 3.05) is 23.9 Å². The summed E-state index contributed by atoms with van der Waals surface area (Å²) in [6.45, 7) is 1.80. The molecule has 1 aromatic carbocycles. The summed E-state index contributed by atoms with van der Waals surface area (Å²) in [5, 5.41) is 14.1. The number of hydrogen-bond donors (Lipinski definition) is 2. The molecule has 1 fully saturated rings. The summed E-state index contributed by atoms with van der Waals surface area (Å²) in [5.74, 6) is 0.886. The van der Waals surface area contributed by atoms with Crippen molar-refractivity contribution in [1.29, 1.82) is 0 Å². The smallest absolute Gasteiger partial charge is 0.274 e. The van der Waals surface area contributed by atoms with Crippen LogP contribution >= 0.6 is 0 Å². The van der Waals surface area contributed by atoms with Crippen molar-refractivity contribution >= 4 is 21.6 Å². The van der Waals surface area contributed by atoms with Crippen LogP contribution in [-0.2, 0) is 9.84 Å². The number of sulfone groups is 1. The number of amides is 1. The zero-order valence-corrected chi connectivity index (χ0v) is 16.9. The van der Waals surface area contributed by atoms with E-state index < -0.39 is 9.84 Å². The quantitative estimate of drug-likeness (QED) is 0.659. The predicted molar refractivity (Wildman–Crippen MR) is 108 cm³/mol. The van der Waals surface area contributed by atoms with Crippen LogP contribution in [0.1, 0.15) is 28.6 Å². The molecule has 4 rings (SSSR count). The highest BCUT2D eigenvalue weighted by atomic mass is 32.2. The van der Waals surface area contributed by atoms with Crippen molar-refractivity contribution in [3.8, 4) is 17.0 Å². The first-order valence-electron chi connectivity index (χ1n) is 9.13. The van der Waals surface area contributed by atoms with Crippen LogP contribution in [0.25, 0.3) is 11.3 Å². The van der Waals surface area contributed by atoms with Crippen molar-refractivity contribution < 1.29 is 17.9 Å². The van der Waals surface area contributed by atoms with Gasteiger partial charge in [-0.05, 0) is 31.5 Å². The van der Waals surface area contributed by atoms with E-state index in [-0.39, 0.29) is 29.1 Å². The third-order valence-electron chi connectivity index (χ3n) is 4.86. The van der Waals surface area contributed by atoms with Gasteiger partial charge in [-0.15, -0.1) is 0 Å². The average molecular weight is 415 g/mol. The van der Waals surface area contributed by atoms with Crippen LogP contribution in [0.15, 0.2) is 36.4 Å². The first-order valence-corrected chi connectivity index (χ1v) is 10.9. The lowest BCUT2D eigenvalue weighted by atomic mass is 10.1. The zero-order valence-electron chi connectivity index (χ0n) is 16.0. The average Bonchev–Trinajstić information content (AvgIpc) is 3.40. The molecule has 9 nitrogen and oxygen atoms in total. The van der Waals surface area contributed by atoms with Gasteiger partial charge in [-0.25, -0.2) is 13.1 Å². The molecule has 1 aliphatic heterocycles. The molecule has 2 N–H and O–H groups in total. The minimum atomic E-state index is -3.07. The van der Waals surface area contributed by atoms with Crippen molar-refractivity contribution in [2.45, 2.75) is 19.4 Å². The van der Waals surface area contributed by atoms with Gasteiger partial charge in [0, 0.05) is 11.6 Å². The highest BCUT2D eigenvalue weighted by molar-refractivity contribution is 7.91. The topological polar surface area (TPSA) is 119 Å². The molecule has 0 saturated carbocycles. The van der Waals surface area contributed by atoms with Gasteiger partial charge in [-0.2, -0.15) is 10.2 Å². The van der Waals surface area contributed by atoms with Crippen LogP contribution in [0.4, 0.5) is 5.82 Å². The maximum absolute atomic E-state index is 12.7. The molecule has 1 aliphatic rings. The molecule has 0 radical (unpaired) electrons. The van der Waals surface area contributed by atoms with Gasteiger partial charge in [0.15, 0.2) is 9.84 Å². The highest BCUT2D eigenvalue weighted by Crippen LogP contribution is 2.29. The van der Waals surface area contributed by atoms with E-state index in [4.69, 9.17) is 4.74 Å². The number of aromatic nitrogens is 4. The Balaban J connectivity index is 1.56. The SMILES string of the molecule is COc1ccccc1-c1cc(C(=O)Nc2cc(C)nn2C2CCS(=O)(=O)C2)[nH]n1. The van der Waals surface area contributed by atoms with Crippen LogP contribution < -0.4 is 10.1 Å². The molecule has 3 aromatic rings. The lowest BCUT2D eigenvalue weighted by Gasteiger charge is -2.13. The van der Waals surface area contributed by atoms with Gasteiger partial charge in [-0.1, -0.05) is 12.1 Å². The van der Waals surface area contributed by atoms with Crippen LogP contribution in [0, 0.1) is 6.92 Å². The molecule has 2 aromatic heterocycles. The number of nitrogens with one attached hydrogen (secondary N) is 2. The van der Waals surface area contributed by atoms with Crippen LogP contribution in [-0.4, -0.2) is 52.9 Å². The molecule has 0 bridgehead atoms. The number of anilines is 1. The Morgan fingerprint density at radius 1 is 1.31 bits per heavy atom. The largest absolute Gasteiger partial charge is 0.496 e. The second-order valence-corrected chi connectivity index (χ2v) is 9.22. The number of carbonyl (C=O) groups excluding carboxylic acids is 1. The minimum absolute atomic E-state index is 0.0268. The number of methoxy groups -OCH3 is 1. The molecule has 10 heteroatoms. The second kappa shape index (κ2) is 7.36. The van der Waals surface area contributed by atoms with E-state index in [0.29, 0.717) is 29.4 Å². The Hall–Kier alpha value is -3.14. The van der Waals surface area contributed by atoms with E-state index in [9.17, 15) is 13.2 Å². The highest BCUT2D eigenvalue weighted by Gasteiger charge is 2.31. The Kier molecular flexibility index (Phi) is 4.87. The van der Waals surface area contributed by atoms with Gasteiger partial charge >= 0.3 is 0 Å². The van der Waals surface area contributed by atoms with Gasteiger partial charge in [0.05, 0.1) is 36.0 Å². The van der Waals surface area contributed by atoms with Gasteiger partial charge in [0.2, 0.25) is 0 Å². The normalized spacial score (nSPS) is 17.9. The summed E-state index contributed by atoms with van der Waals surface area (Å²) in [4.78, 5) is 12.7. The van der Waals surface area contributed by atoms with E-state index in [0.717, 1.165) is 5.56 Å². The fourth-order valence-electron chi connectivity index (χ4n) is 3.47. The van der Waals surface area contributed by atoms with Gasteiger partial charge < -0.3 is 10.1 Å². The number of aromatic amines is 1. The third kappa shape index (κ3) is 3.88. The molecular formula is C19H21N5O4S. The summed E-state index contributed by atoms with van der Waals surface area (Å²) < 4.78 is 30.6. The fraction of sp³-hybridized carbons (Fsp3) is 0.316. The molecule has 0 spiro atoms. The van der Waals surface area contributed by atoms with Crippen molar-refractivity contribution in [3.05, 3.63) is 47.8 Å². The van der Waals surface area contributed by atoms with E-state index in [1.807, 2.05) is 24.3 Å². The number of para-hydroxylation sites is 1. The Morgan fingerprint density at radius 2 is 2.10 bits per heavy atom. The summed E-state index contributed by atoms with van der Waals surface area (Å²) in [7, 11) is -1.49. The van der Waals surface area contributed by atoms with Crippen LogP contribution in [0.2, 0.25) is 0 Å². The zero-order chi connectivity index (χ0) is 20.6. The number of carbonyl (C=O) groups is 1. The van der Waals surface area contributed by atoms with Gasteiger partial charge in [0.25, 0.3) is 5.91 Å². The molecule has 3 heterocycles. The van der Waals surface area contributed by atoms with E-state index >= 15 is 0 Å². The van der Waals surface area contributed by atoms with E-state index in [1.54, 1.807) is 30.8 Å². The standard InChI is InChI=1S/C19H21N5O4S/c1-12-9-18(24(23-12)13-7-8-29(26,27)11-13)20-19(25)16-10-15(21-22-16)14-5-3-4-6-17(14)28-2/h3-6,9-10,13H,7-8,11H2,1-2H3,(H,20,25)(H,21,22). The number of benzene rings is 1. The third-order valence-corrected chi connectivity index (χ3v) is 6.61. The van der Waals surface area contributed by atoms with E-state index in [1.165, 1.54) is 0 Å². The van der Waals surface area contributed by atoms with Crippen molar-refractivity contribution in [3.63, 3.8) is 0 Å². The Labute approximate surface area is 168 Å². The van der Waals surface area contributed by atoms with Crippen LogP contribution in [0.3, 0.4) is 0 Å². The van der Waals surface area contributed by atoms with Gasteiger partial charge in [-0.3, -0.25) is 9.89 Å². The monoisotopic (exact) mass is 415 g/mol. The van der Waals surface area contributed by atoms with Crippen molar-refractivity contribution in [1.82, 2.24) is 20.0 Å². The number of hydrogen-bond acceptors (Lipinski definition) is 6. The number of ether oxygens (including phenoxy) is 1. The molecule has 152 valence electrons. The Morgan fingerprint density at radius 3 is 2.83 bits per heavy atom. The predicted octanol–water partition coefficient (Wildman–Crippen LogP) is 2.20.